The van der Waals surface area contributed by atoms with E-state index in [1.54, 1.807) is 0 Å². The van der Waals surface area contributed by atoms with Crippen molar-refractivity contribution in [3.05, 3.63) is 35.4 Å². The quantitative estimate of drug-likeness (QED) is 0.651. The highest BCUT2D eigenvalue weighted by Crippen LogP contribution is 2.24. The molecule has 1 aliphatic carbocycles. The van der Waals surface area contributed by atoms with Gasteiger partial charge in [0.1, 0.15) is 0 Å². The van der Waals surface area contributed by atoms with E-state index in [2.05, 4.69) is 43.4 Å². The fourth-order valence-corrected chi connectivity index (χ4v) is 2.48. The van der Waals surface area contributed by atoms with Crippen molar-refractivity contribution in [2.75, 3.05) is 19.8 Å². The average Bonchev–Trinajstić information content (AvgIpc) is 3.26. The molecule has 0 amide bonds. The minimum atomic E-state index is 0.581. The molecule has 0 spiro atoms. The lowest BCUT2D eigenvalue weighted by Crippen LogP contribution is -2.24. The summed E-state index contributed by atoms with van der Waals surface area (Å²) in [5.74, 6) is 0.581. The van der Waals surface area contributed by atoms with E-state index in [1.165, 1.54) is 36.8 Å². The number of nitrogens with one attached hydrogen (secondary N) is 1. The molecule has 1 atom stereocenters. The molecule has 0 saturated heterocycles. The summed E-state index contributed by atoms with van der Waals surface area (Å²) < 4.78 is 5.75. The first kappa shape index (κ1) is 15.5. The average molecular weight is 275 g/mol. The summed E-state index contributed by atoms with van der Waals surface area (Å²) in [6.45, 7) is 7.26. The molecule has 1 aromatic carbocycles. The lowest BCUT2D eigenvalue weighted by Gasteiger charge is -2.19. The van der Waals surface area contributed by atoms with Gasteiger partial charge in [-0.2, -0.15) is 0 Å². The number of unbranched alkanes of at least 4 members (excludes halogenated alkanes) is 1. The van der Waals surface area contributed by atoms with E-state index < -0.39 is 0 Å². The first-order valence-electron chi connectivity index (χ1n) is 8.17. The molecule has 2 nitrogen and oxygen atoms in total. The standard InChI is InChI=1S/C18H29NO/c1-3-4-11-20-12-10-17(14-19-18-8-9-18)16-7-5-6-15(2)13-16/h5-7,13,17-19H,3-4,8-12,14H2,1-2H3. The Morgan fingerprint density at radius 2 is 2.15 bits per heavy atom. The van der Waals surface area contributed by atoms with Crippen LogP contribution in [0.2, 0.25) is 0 Å². The molecular formula is C18H29NO. The molecule has 1 unspecified atom stereocenters. The van der Waals surface area contributed by atoms with E-state index in [1.807, 2.05) is 0 Å². The van der Waals surface area contributed by atoms with E-state index in [-0.39, 0.29) is 0 Å². The maximum absolute atomic E-state index is 5.75. The van der Waals surface area contributed by atoms with Gasteiger partial charge >= 0.3 is 0 Å². The Bertz CT molecular complexity index is 387. The maximum atomic E-state index is 5.75. The molecule has 0 radical (unpaired) electrons. The van der Waals surface area contributed by atoms with E-state index in [9.17, 15) is 0 Å². The summed E-state index contributed by atoms with van der Waals surface area (Å²) in [6.07, 6.45) is 6.22. The number of hydrogen-bond donors (Lipinski definition) is 1. The summed E-state index contributed by atoms with van der Waals surface area (Å²) in [5.41, 5.74) is 2.81. The molecule has 1 N–H and O–H groups in total. The molecule has 0 bridgehead atoms. The van der Waals surface area contributed by atoms with Crippen molar-refractivity contribution in [1.29, 1.82) is 0 Å². The van der Waals surface area contributed by atoms with Gasteiger partial charge in [0, 0.05) is 25.8 Å². The lowest BCUT2D eigenvalue weighted by atomic mass is 9.94. The van der Waals surface area contributed by atoms with Crippen LogP contribution in [0, 0.1) is 6.92 Å². The second-order valence-electron chi connectivity index (χ2n) is 6.05. The smallest absolute Gasteiger partial charge is 0.0472 e. The zero-order valence-corrected chi connectivity index (χ0v) is 13.0. The van der Waals surface area contributed by atoms with E-state index in [0.717, 1.165) is 32.2 Å². The molecule has 20 heavy (non-hydrogen) atoms. The second-order valence-corrected chi connectivity index (χ2v) is 6.05. The first-order valence-corrected chi connectivity index (χ1v) is 8.17. The minimum absolute atomic E-state index is 0.581. The Hall–Kier alpha value is -0.860. The monoisotopic (exact) mass is 275 g/mol. The summed E-state index contributed by atoms with van der Waals surface area (Å²) in [5, 5.41) is 3.67. The minimum Gasteiger partial charge on any atom is -0.381 e. The predicted octanol–water partition coefficient (Wildman–Crippen LogP) is 4.04. The van der Waals surface area contributed by atoms with Crippen LogP contribution >= 0.6 is 0 Å². The number of aryl methyl sites for hydroxylation is 1. The van der Waals surface area contributed by atoms with Gasteiger partial charge in [-0.1, -0.05) is 43.2 Å². The van der Waals surface area contributed by atoms with Crippen LogP contribution in [0.5, 0.6) is 0 Å². The topological polar surface area (TPSA) is 21.3 Å². The highest BCUT2D eigenvalue weighted by molar-refractivity contribution is 5.25. The normalized spacial score (nSPS) is 16.3. The molecule has 0 heterocycles. The van der Waals surface area contributed by atoms with Crippen molar-refractivity contribution in [1.82, 2.24) is 5.32 Å². The highest BCUT2D eigenvalue weighted by Gasteiger charge is 2.22. The molecule has 1 aromatic rings. The summed E-state index contributed by atoms with van der Waals surface area (Å²) in [7, 11) is 0. The number of benzene rings is 1. The van der Waals surface area contributed by atoms with Crippen molar-refractivity contribution < 1.29 is 4.74 Å². The largest absolute Gasteiger partial charge is 0.381 e. The number of hydrogen-bond acceptors (Lipinski definition) is 2. The fraction of sp³-hybridized carbons (Fsp3) is 0.667. The van der Waals surface area contributed by atoms with Gasteiger partial charge in [-0.3, -0.25) is 0 Å². The maximum Gasteiger partial charge on any atom is 0.0472 e. The van der Waals surface area contributed by atoms with Crippen molar-refractivity contribution in [3.8, 4) is 0 Å². The molecule has 1 fully saturated rings. The van der Waals surface area contributed by atoms with Crippen LogP contribution < -0.4 is 5.32 Å². The Balaban J connectivity index is 1.82. The molecule has 2 rings (SSSR count). The van der Waals surface area contributed by atoms with Gasteiger partial charge in [-0.15, -0.1) is 0 Å². The molecule has 112 valence electrons. The molecular weight excluding hydrogens is 246 g/mol. The molecule has 2 heteroatoms. The van der Waals surface area contributed by atoms with Crippen LogP contribution in [-0.4, -0.2) is 25.8 Å². The predicted molar refractivity (Wildman–Crippen MR) is 85.3 cm³/mol. The van der Waals surface area contributed by atoms with Gasteiger partial charge in [-0.25, -0.2) is 0 Å². The van der Waals surface area contributed by atoms with Crippen LogP contribution in [0.4, 0.5) is 0 Å². The number of ether oxygens (including phenoxy) is 1. The van der Waals surface area contributed by atoms with Gasteiger partial charge in [0.2, 0.25) is 0 Å². The van der Waals surface area contributed by atoms with E-state index >= 15 is 0 Å². The third-order valence-electron chi connectivity index (χ3n) is 4.00. The SMILES string of the molecule is CCCCOCCC(CNC1CC1)c1cccc(C)c1. The van der Waals surface area contributed by atoms with Crippen molar-refractivity contribution >= 4 is 0 Å². The van der Waals surface area contributed by atoms with Crippen LogP contribution in [0.15, 0.2) is 24.3 Å². The number of rotatable bonds is 10. The summed E-state index contributed by atoms with van der Waals surface area (Å²) in [4.78, 5) is 0. The van der Waals surface area contributed by atoms with Gasteiger partial charge in [0.25, 0.3) is 0 Å². The summed E-state index contributed by atoms with van der Waals surface area (Å²) in [6, 6.07) is 9.71. The molecule has 0 aromatic heterocycles. The molecule has 0 aliphatic heterocycles. The van der Waals surface area contributed by atoms with Crippen molar-refractivity contribution in [2.45, 2.75) is 57.9 Å². The Morgan fingerprint density at radius 1 is 1.30 bits per heavy atom. The third kappa shape index (κ3) is 5.64. The van der Waals surface area contributed by atoms with Gasteiger partial charge in [0.15, 0.2) is 0 Å². The van der Waals surface area contributed by atoms with Crippen LogP contribution in [0.1, 0.15) is 56.1 Å². The molecule has 1 saturated carbocycles. The van der Waals surface area contributed by atoms with E-state index in [4.69, 9.17) is 4.74 Å². The fourth-order valence-electron chi connectivity index (χ4n) is 2.48. The van der Waals surface area contributed by atoms with Gasteiger partial charge < -0.3 is 10.1 Å². The van der Waals surface area contributed by atoms with Crippen LogP contribution in [0.3, 0.4) is 0 Å². The Morgan fingerprint density at radius 3 is 2.85 bits per heavy atom. The first-order chi connectivity index (χ1) is 9.79. The summed E-state index contributed by atoms with van der Waals surface area (Å²) >= 11 is 0. The Labute approximate surface area is 123 Å². The zero-order chi connectivity index (χ0) is 14.2. The lowest BCUT2D eigenvalue weighted by molar-refractivity contribution is 0.124. The van der Waals surface area contributed by atoms with Gasteiger partial charge in [-0.05, 0) is 44.1 Å². The zero-order valence-electron chi connectivity index (χ0n) is 13.0. The third-order valence-corrected chi connectivity index (χ3v) is 4.00. The van der Waals surface area contributed by atoms with Crippen LogP contribution in [0.25, 0.3) is 0 Å². The Kier molecular flexibility index (Phi) is 6.55. The van der Waals surface area contributed by atoms with Crippen molar-refractivity contribution in [3.63, 3.8) is 0 Å². The molecule has 1 aliphatic rings. The van der Waals surface area contributed by atoms with Crippen molar-refractivity contribution in [2.24, 2.45) is 0 Å². The second kappa shape index (κ2) is 8.43. The van der Waals surface area contributed by atoms with Gasteiger partial charge in [0.05, 0.1) is 0 Å². The van der Waals surface area contributed by atoms with E-state index in [0.29, 0.717) is 5.92 Å². The highest BCUT2D eigenvalue weighted by atomic mass is 16.5. The van der Waals surface area contributed by atoms with Crippen LogP contribution in [-0.2, 0) is 4.74 Å².